The van der Waals surface area contributed by atoms with Crippen molar-refractivity contribution in [3.8, 4) is 11.4 Å². The summed E-state index contributed by atoms with van der Waals surface area (Å²) < 4.78 is 9.82. The molecule has 0 atom stereocenters. The number of hydrogen-bond acceptors (Lipinski definition) is 3. The van der Waals surface area contributed by atoms with Gasteiger partial charge in [0, 0.05) is 36.9 Å². The molecule has 3 heterocycles. The maximum atomic E-state index is 12.9. The Morgan fingerprint density at radius 3 is 2.66 bits per heavy atom. The van der Waals surface area contributed by atoms with Gasteiger partial charge in [0.2, 0.25) is 0 Å². The molecule has 4 aromatic rings. The molecule has 164 valence electrons. The second-order valence-corrected chi connectivity index (χ2v) is 8.50. The molecule has 0 unspecified atom stereocenters. The molecule has 5 heteroatoms. The number of aromatic nitrogens is 2. The molecule has 32 heavy (non-hydrogen) atoms. The van der Waals surface area contributed by atoms with Crippen molar-refractivity contribution < 1.29 is 4.74 Å². The summed E-state index contributed by atoms with van der Waals surface area (Å²) in [6, 6.07) is 19.7. The Morgan fingerprint density at radius 2 is 1.88 bits per heavy atom. The van der Waals surface area contributed by atoms with Crippen LogP contribution in [0.2, 0.25) is 0 Å². The zero-order valence-electron chi connectivity index (χ0n) is 18.8. The van der Waals surface area contributed by atoms with Crippen LogP contribution in [0, 0.1) is 0 Å². The fourth-order valence-electron chi connectivity index (χ4n) is 4.75. The summed E-state index contributed by atoms with van der Waals surface area (Å²) in [6.45, 7) is 5.89. The first-order valence-corrected chi connectivity index (χ1v) is 11.4. The van der Waals surface area contributed by atoms with E-state index in [1.165, 1.54) is 28.6 Å². The maximum Gasteiger partial charge on any atom is 0.258 e. The SMILES string of the molecule is CCN1CCCc2c(c3ccc(-n4ccc(OCc5ccccc5)cc4=O)cc3n2C)C1. The molecule has 0 spiro atoms. The Balaban J connectivity index is 1.45. The second-order valence-electron chi connectivity index (χ2n) is 8.50. The summed E-state index contributed by atoms with van der Waals surface area (Å²) in [5.41, 5.74) is 5.90. The molecule has 2 aromatic carbocycles. The predicted molar refractivity (Wildman–Crippen MR) is 129 cm³/mol. The molecule has 5 nitrogen and oxygen atoms in total. The fraction of sp³-hybridized carbons (Fsp3) is 0.296. The second kappa shape index (κ2) is 8.67. The molecular formula is C27H29N3O2. The highest BCUT2D eigenvalue weighted by molar-refractivity contribution is 5.87. The molecule has 0 saturated carbocycles. The fourth-order valence-corrected chi connectivity index (χ4v) is 4.75. The minimum Gasteiger partial charge on any atom is -0.489 e. The van der Waals surface area contributed by atoms with Crippen molar-refractivity contribution in [3.05, 3.63) is 94.0 Å². The van der Waals surface area contributed by atoms with Crippen LogP contribution in [-0.4, -0.2) is 27.1 Å². The van der Waals surface area contributed by atoms with Gasteiger partial charge >= 0.3 is 0 Å². The van der Waals surface area contributed by atoms with Crippen molar-refractivity contribution in [2.45, 2.75) is 32.9 Å². The predicted octanol–water partition coefficient (Wildman–Crippen LogP) is 4.68. The number of fused-ring (bicyclic) bond motifs is 3. The van der Waals surface area contributed by atoms with Crippen molar-refractivity contribution in [2.24, 2.45) is 7.05 Å². The number of benzene rings is 2. The minimum absolute atomic E-state index is 0.0946. The van der Waals surface area contributed by atoms with Gasteiger partial charge in [-0.3, -0.25) is 14.3 Å². The first kappa shape index (κ1) is 20.6. The molecule has 2 aromatic heterocycles. The average molecular weight is 428 g/mol. The summed E-state index contributed by atoms with van der Waals surface area (Å²) >= 11 is 0. The summed E-state index contributed by atoms with van der Waals surface area (Å²) in [7, 11) is 2.15. The van der Waals surface area contributed by atoms with Crippen molar-refractivity contribution >= 4 is 10.9 Å². The molecule has 0 aliphatic carbocycles. The van der Waals surface area contributed by atoms with E-state index in [-0.39, 0.29) is 5.56 Å². The van der Waals surface area contributed by atoms with Crippen LogP contribution in [0.5, 0.6) is 5.75 Å². The van der Waals surface area contributed by atoms with E-state index in [1.807, 2.05) is 36.4 Å². The standard InChI is InChI=1S/C27H29N3O2/c1-3-29-14-7-10-25-24(18-29)23-12-11-21(16-26(23)28(25)2)30-15-13-22(17-27(30)31)32-19-20-8-5-4-6-9-20/h4-6,8-9,11-13,15-17H,3,7,10,14,18-19H2,1-2H3. The number of ether oxygens (including phenoxy) is 1. The monoisotopic (exact) mass is 427 g/mol. The lowest BCUT2D eigenvalue weighted by Crippen LogP contribution is -2.22. The first-order valence-electron chi connectivity index (χ1n) is 11.4. The van der Waals surface area contributed by atoms with Gasteiger partial charge in [-0.1, -0.05) is 43.3 Å². The van der Waals surface area contributed by atoms with Crippen LogP contribution in [0.4, 0.5) is 0 Å². The molecule has 0 amide bonds. The van der Waals surface area contributed by atoms with Crippen LogP contribution in [0.25, 0.3) is 16.6 Å². The van der Waals surface area contributed by atoms with Gasteiger partial charge in [-0.25, -0.2) is 0 Å². The summed E-state index contributed by atoms with van der Waals surface area (Å²) in [5.74, 6) is 0.585. The Morgan fingerprint density at radius 1 is 1.03 bits per heavy atom. The smallest absolute Gasteiger partial charge is 0.258 e. The van der Waals surface area contributed by atoms with Gasteiger partial charge in [0.05, 0.1) is 11.2 Å². The summed E-state index contributed by atoms with van der Waals surface area (Å²) in [4.78, 5) is 15.4. The van der Waals surface area contributed by atoms with Gasteiger partial charge in [0.25, 0.3) is 5.56 Å². The van der Waals surface area contributed by atoms with E-state index < -0.39 is 0 Å². The Kier molecular flexibility index (Phi) is 5.58. The number of aryl methyl sites for hydroxylation is 1. The van der Waals surface area contributed by atoms with Crippen molar-refractivity contribution in [1.29, 1.82) is 0 Å². The number of rotatable bonds is 5. The van der Waals surface area contributed by atoms with Gasteiger partial charge in [-0.2, -0.15) is 0 Å². The normalized spacial score (nSPS) is 14.3. The number of pyridine rings is 1. The van der Waals surface area contributed by atoms with Crippen molar-refractivity contribution in [2.75, 3.05) is 13.1 Å². The zero-order valence-corrected chi connectivity index (χ0v) is 18.8. The highest BCUT2D eigenvalue weighted by Gasteiger charge is 2.20. The average Bonchev–Trinajstić information content (AvgIpc) is 2.96. The first-order chi connectivity index (χ1) is 15.6. The van der Waals surface area contributed by atoms with E-state index >= 15 is 0 Å². The molecule has 1 aliphatic rings. The third-order valence-corrected chi connectivity index (χ3v) is 6.56. The molecule has 0 saturated heterocycles. The van der Waals surface area contributed by atoms with Crippen molar-refractivity contribution in [1.82, 2.24) is 14.0 Å². The van der Waals surface area contributed by atoms with Crippen LogP contribution >= 0.6 is 0 Å². The Labute approximate surface area is 188 Å². The van der Waals surface area contributed by atoms with E-state index in [2.05, 4.69) is 41.6 Å². The van der Waals surface area contributed by atoms with E-state index in [4.69, 9.17) is 4.74 Å². The Bertz CT molecular complexity index is 1300. The molecular weight excluding hydrogens is 398 g/mol. The molecule has 1 aliphatic heterocycles. The van der Waals surface area contributed by atoms with Crippen LogP contribution in [0.1, 0.15) is 30.2 Å². The lowest BCUT2D eigenvalue weighted by Gasteiger charge is -2.17. The highest BCUT2D eigenvalue weighted by Crippen LogP contribution is 2.31. The van der Waals surface area contributed by atoms with Crippen LogP contribution in [0.15, 0.2) is 71.7 Å². The molecule has 5 rings (SSSR count). The van der Waals surface area contributed by atoms with Crippen LogP contribution < -0.4 is 10.3 Å². The number of nitrogens with zero attached hydrogens (tertiary/aromatic N) is 3. The summed E-state index contributed by atoms with van der Waals surface area (Å²) in [5, 5.41) is 1.29. The molecule has 0 radical (unpaired) electrons. The Hall–Kier alpha value is -3.31. The zero-order chi connectivity index (χ0) is 22.1. The molecule has 0 fully saturated rings. The van der Waals surface area contributed by atoms with E-state index in [9.17, 15) is 4.79 Å². The van der Waals surface area contributed by atoms with E-state index in [1.54, 1.807) is 16.8 Å². The van der Waals surface area contributed by atoms with Gasteiger partial charge < -0.3 is 9.30 Å². The van der Waals surface area contributed by atoms with E-state index in [0.717, 1.165) is 37.3 Å². The van der Waals surface area contributed by atoms with Crippen LogP contribution in [0.3, 0.4) is 0 Å². The molecule has 0 N–H and O–H groups in total. The van der Waals surface area contributed by atoms with Gasteiger partial charge in [0.15, 0.2) is 0 Å². The molecule has 0 bridgehead atoms. The quantitative estimate of drug-likeness (QED) is 0.464. The minimum atomic E-state index is -0.0946. The maximum absolute atomic E-state index is 12.9. The third-order valence-electron chi connectivity index (χ3n) is 6.56. The van der Waals surface area contributed by atoms with Gasteiger partial charge in [0.1, 0.15) is 12.4 Å². The van der Waals surface area contributed by atoms with E-state index in [0.29, 0.717) is 12.4 Å². The van der Waals surface area contributed by atoms with Gasteiger partial charge in [-0.15, -0.1) is 0 Å². The van der Waals surface area contributed by atoms with Crippen molar-refractivity contribution in [3.63, 3.8) is 0 Å². The number of hydrogen-bond donors (Lipinski definition) is 0. The van der Waals surface area contributed by atoms with Crippen LogP contribution in [-0.2, 0) is 26.6 Å². The topological polar surface area (TPSA) is 39.4 Å². The highest BCUT2D eigenvalue weighted by atomic mass is 16.5. The third kappa shape index (κ3) is 3.84. The summed E-state index contributed by atoms with van der Waals surface area (Å²) in [6.07, 6.45) is 4.08. The van der Waals surface area contributed by atoms with Gasteiger partial charge in [-0.05, 0) is 55.3 Å². The lowest BCUT2D eigenvalue weighted by atomic mass is 10.1. The largest absolute Gasteiger partial charge is 0.489 e. The lowest BCUT2D eigenvalue weighted by molar-refractivity contribution is 0.285.